The topological polar surface area (TPSA) is 12.0 Å². The molecule has 1 aromatic rings. The molecule has 90 valence electrons. The van der Waals surface area contributed by atoms with E-state index in [1.165, 1.54) is 18.2 Å². The van der Waals surface area contributed by atoms with Crippen molar-refractivity contribution in [1.29, 1.82) is 0 Å². The van der Waals surface area contributed by atoms with Gasteiger partial charge in [0.1, 0.15) is 11.6 Å². The van der Waals surface area contributed by atoms with Crippen molar-refractivity contribution in [3.05, 3.63) is 35.4 Å². The van der Waals surface area contributed by atoms with Gasteiger partial charge in [0, 0.05) is 11.1 Å². The molecule has 1 rings (SSSR count). The normalized spacial score (nSPS) is 11.8. The van der Waals surface area contributed by atoms with E-state index in [1.54, 1.807) is 0 Å². The molecule has 1 N–H and O–H groups in total. The van der Waals surface area contributed by atoms with Gasteiger partial charge in [-0.3, -0.25) is 0 Å². The highest BCUT2D eigenvalue weighted by Crippen LogP contribution is 2.13. The lowest BCUT2D eigenvalue weighted by Crippen LogP contribution is -2.36. The van der Waals surface area contributed by atoms with Gasteiger partial charge in [0.2, 0.25) is 0 Å². The summed E-state index contributed by atoms with van der Waals surface area (Å²) in [7, 11) is 0. The van der Waals surface area contributed by atoms with Gasteiger partial charge in [-0.05, 0) is 52.3 Å². The van der Waals surface area contributed by atoms with Gasteiger partial charge in [-0.25, -0.2) is 8.78 Å². The molecular weight excluding hydrogens is 208 g/mol. The molecule has 0 radical (unpaired) electrons. The number of halogens is 2. The van der Waals surface area contributed by atoms with E-state index in [-0.39, 0.29) is 11.1 Å². The van der Waals surface area contributed by atoms with Crippen LogP contribution in [-0.2, 0) is 6.42 Å². The zero-order valence-electron chi connectivity index (χ0n) is 10.1. The van der Waals surface area contributed by atoms with Crippen molar-refractivity contribution in [2.24, 2.45) is 0 Å². The van der Waals surface area contributed by atoms with Gasteiger partial charge in [0.05, 0.1) is 0 Å². The van der Waals surface area contributed by atoms with Crippen LogP contribution in [0.3, 0.4) is 0 Å². The molecule has 0 fully saturated rings. The third kappa shape index (κ3) is 4.27. The van der Waals surface area contributed by atoms with Crippen molar-refractivity contribution >= 4 is 0 Å². The van der Waals surface area contributed by atoms with E-state index in [9.17, 15) is 8.78 Å². The molecule has 16 heavy (non-hydrogen) atoms. The second kappa shape index (κ2) is 5.39. The van der Waals surface area contributed by atoms with E-state index >= 15 is 0 Å². The Bertz CT molecular complexity index is 322. The third-order valence-corrected chi connectivity index (χ3v) is 2.32. The molecule has 0 aliphatic carbocycles. The number of benzene rings is 1. The van der Waals surface area contributed by atoms with E-state index in [1.807, 2.05) is 0 Å². The molecule has 3 heteroatoms. The predicted molar refractivity (Wildman–Crippen MR) is 62.4 cm³/mol. The van der Waals surface area contributed by atoms with E-state index in [0.29, 0.717) is 6.42 Å². The molecule has 0 saturated carbocycles. The largest absolute Gasteiger partial charge is 0.312 e. The number of hydrogen-bond donors (Lipinski definition) is 1. The molecule has 1 aromatic carbocycles. The first-order valence-corrected chi connectivity index (χ1v) is 5.58. The summed E-state index contributed by atoms with van der Waals surface area (Å²) in [4.78, 5) is 0. The van der Waals surface area contributed by atoms with Gasteiger partial charge in [-0.1, -0.05) is 6.07 Å². The van der Waals surface area contributed by atoms with Crippen molar-refractivity contribution < 1.29 is 8.78 Å². The Labute approximate surface area is 95.9 Å². The van der Waals surface area contributed by atoms with Gasteiger partial charge >= 0.3 is 0 Å². The minimum atomic E-state index is -0.448. The number of hydrogen-bond acceptors (Lipinski definition) is 1. The third-order valence-electron chi connectivity index (χ3n) is 2.32. The highest BCUT2D eigenvalue weighted by atomic mass is 19.1. The average molecular weight is 227 g/mol. The van der Waals surface area contributed by atoms with Crippen LogP contribution in [-0.4, -0.2) is 12.1 Å². The molecule has 0 aliphatic rings. The first-order valence-electron chi connectivity index (χ1n) is 5.58. The number of nitrogens with one attached hydrogen (secondary N) is 1. The van der Waals surface area contributed by atoms with Gasteiger partial charge in [-0.2, -0.15) is 0 Å². The standard InChI is InChI=1S/C13H19F2N/c1-13(2,3)16-9-5-6-10-11(14)7-4-8-12(10)15/h4,7-8,16H,5-6,9H2,1-3H3. The molecule has 0 saturated heterocycles. The minimum absolute atomic E-state index is 0.0494. The molecule has 0 aromatic heterocycles. The molecule has 0 heterocycles. The summed E-state index contributed by atoms with van der Waals surface area (Å²) in [6, 6.07) is 3.99. The molecule has 0 amide bonds. The summed E-state index contributed by atoms with van der Waals surface area (Å²) in [6.45, 7) is 6.96. The monoisotopic (exact) mass is 227 g/mol. The van der Waals surface area contributed by atoms with Crippen molar-refractivity contribution in [3.63, 3.8) is 0 Å². The summed E-state index contributed by atoms with van der Waals surface area (Å²) in [5.41, 5.74) is 0.242. The summed E-state index contributed by atoms with van der Waals surface area (Å²) in [5.74, 6) is -0.897. The van der Waals surface area contributed by atoms with Crippen molar-refractivity contribution in [1.82, 2.24) is 5.32 Å². The maximum Gasteiger partial charge on any atom is 0.129 e. The second-order valence-corrected chi connectivity index (χ2v) is 4.98. The molecule has 0 unspecified atom stereocenters. The maximum atomic E-state index is 13.3. The lowest BCUT2D eigenvalue weighted by molar-refractivity contribution is 0.420. The van der Waals surface area contributed by atoms with Crippen LogP contribution in [0.5, 0.6) is 0 Å². The zero-order chi connectivity index (χ0) is 12.2. The van der Waals surface area contributed by atoms with E-state index in [4.69, 9.17) is 0 Å². The Morgan fingerprint density at radius 1 is 1.12 bits per heavy atom. The first-order chi connectivity index (χ1) is 7.40. The van der Waals surface area contributed by atoms with Crippen LogP contribution in [0.15, 0.2) is 18.2 Å². The van der Waals surface area contributed by atoms with E-state index in [0.717, 1.165) is 13.0 Å². The Morgan fingerprint density at radius 2 is 1.69 bits per heavy atom. The van der Waals surface area contributed by atoms with Crippen LogP contribution in [0.1, 0.15) is 32.8 Å². The molecule has 0 spiro atoms. The van der Waals surface area contributed by atoms with Crippen molar-refractivity contribution in [2.75, 3.05) is 6.54 Å². The fourth-order valence-electron chi connectivity index (χ4n) is 1.50. The summed E-state index contributed by atoms with van der Waals surface area (Å²) in [6.07, 6.45) is 1.16. The molecule has 1 nitrogen and oxygen atoms in total. The summed E-state index contributed by atoms with van der Waals surface area (Å²) < 4.78 is 26.5. The Morgan fingerprint density at radius 3 is 2.19 bits per heavy atom. The Balaban J connectivity index is 2.43. The van der Waals surface area contributed by atoms with E-state index in [2.05, 4.69) is 26.1 Å². The lowest BCUT2D eigenvalue weighted by atomic mass is 10.1. The fourth-order valence-corrected chi connectivity index (χ4v) is 1.50. The lowest BCUT2D eigenvalue weighted by Gasteiger charge is -2.20. The molecule has 0 atom stereocenters. The zero-order valence-corrected chi connectivity index (χ0v) is 10.1. The predicted octanol–water partition coefficient (Wildman–Crippen LogP) is 3.29. The summed E-state index contributed by atoms with van der Waals surface area (Å²) >= 11 is 0. The molecule has 0 bridgehead atoms. The quantitative estimate of drug-likeness (QED) is 0.778. The second-order valence-electron chi connectivity index (χ2n) is 4.98. The fraction of sp³-hybridized carbons (Fsp3) is 0.538. The highest BCUT2D eigenvalue weighted by Gasteiger charge is 2.10. The van der Waals surface area contributed by atoms with Gasteiger partial charge < -0.3 is 5.32 Å². The van der Waals surface area contributed by atoms with Crippen LogP contribution in [0, 0.1) is 11.6 Å². The van der Waals surface area contributed by atoms with Crippen LogP contribution in [0.25, 0.3) is 0 Å². The maximum absolute atomic E-state index is 13.3. The Kier molecular flexibility index (Phi) is 4.42. The van der Waals surface area contributed by atoms with Gasteiger partial charge in [0.25, 0.3) is 0 Å². The number of rotatable bonds is 4. The average Bonchev–Trinajstić information content (AvgIpc) is 2.14. The SMILES string of the molecule is CC(C)(C)NCCCc1c(F)cccc1F. The molecular formula is C13H19F2N. The minimum Gasteiger partial charge on any atom is -0.312 e. The van der Waals surface area contributed by atoms with Crippen LogP contribution < -0.4 is 5.32 Å². The smallest absolute Gasteiger partial charge is 0.129 e. The van der Waals surface area contributed by atoms with Crippen LogP contribution >= 0.6 is 0 Å². The van der Waals surface area contributed by atoms with Crippen molar-refractivity contribution in [3.8, 4) is 0 Å². The van der Waals surface area contributed by atoms with Gasteiger partial charge in [0.15, 0.2) is 0 Å². The van der Waals surface area contributed by atoms with Crippen molar-refractivity contribution in [2.45, 2.75) is 39.2 Å². The van der Waals surface area contributed by atoms with Gasteiger partial charge in [-0.15, -0.1) is 0 Å². The first kappa shape index (κ1) is 13.1. The Hall–Kier alpha value is -0.960. The highest BCUT2D eigenvalue weighted by molar-refractivity contribution is 5.19. The van der Waals surface area contributed by atoms with Crippen LogP contribution in [0.4, 0.5) is 8.78 Å². The van der Waals surface area contributed by atoms with E-state index < -0.39 is 11.6 Å². The molecule has 0 aliphatic heterocycles. The van der Waals surface area contributed by atoms with Crippen LogP contribution in [0.2, 0.25) is 0 Å². The summed E-state index contributed by atoms with van der Waals surface area (Å²) in [5, 5.41) is 3.29.